The van der Waals surface area contributed by atoms with Crippen LogP contribution in [0.5, 0.6) is 0 Å². The van der Waals surface area contributed by atoms with Gasteiger partial charge in [-0.1, -0.05) is 35.3 Å². The molecule has 16 heteroatoms. The molecule has 6 aromatic rings. The number of nitrogens with one attached hydrogen (secondary N) is 1. The van der Waals surface area contributed by atoms with E-state index in [0.717, 1.165) is 41.0 Å². The van der Waals surface area contributed by atoms with E-state index in [9.17, 15) is 27.2 Å². The number of hydrogen-bond donors (Lipinski definition) is 2. The molecule has 4 aromatic carbocycles. The molecule has 276 valence electrons. The summed E-state index contributed by atoms with van der Waals surface area (Å²) < 4.78 is 66.3. The van der Waals surface area contributed by atoms with Crippen molar-refractivity contribution in [2.45, 2.75) is 52.3 Å². The van der Waals surface area contributed by atoms with E-state index in [4.69, 9.17) is 38.1 Å². The number of amides is 1. The lowest BCUT2D eigenvalue weighted by Crippen LogP contribution is -2.34. The van der Waals surface area contributed by atoms with Gasteiger partial charge in [-0.15, -0.1) is 0 Å². The van der Waals surface area contributed by atoms with Gasteiger partial charge in [0.05, 0.1) is 49.3 Å². The SMILES string of the molecule is CC(N)c1nc2cccc(Cl)c2c(=O)n1-c1cc(F)cc(F)c1.CC(NC(=O)OC(C)(C)C)c1nc2cccc(Cl)c2c(=Nc2cc(F)cc(F)c2)o1. The average molecular weight is 772 g/mol. The predicted molar refractivity (Wildman–Crippen MR) is 193 cm³/mol. The summed E-state index contributed by atoms with van der Waals surface area (Å²) in [5.41, 5.74) is 5.51. The number of nitrogens with zero attached hydrogens (tertiary/aromatic N) is 4. The maximum Gasteiger partial charge on any atom is 0.408 e. The zero-order chi connectivity index (χ0) is 38.8. The molecule has 53 heavy (non-hydrogen) atoms. The third kappa shape index (κ3) is 9.38. The summed E-state index contributed by atoms with van der Waals surface area (Å²) in [6.07, 6.45) is -0.649. The highest BCUT2D eigenvalue weighted by atomic mass is 35.5. The van der Waals surface area contributed by atoms with Gasteiger partial charge in [0.2, 0.25) is 11.4 Å². The van der Waals surface area contributed by atoms with Gasteiger partial charge in [-0.25, -0.2) is 37.3 Å². The second-order valence-corrected chi connectivity index (χ2v) is 13.6. The minimum Gasteiger partial charge on any atom is -0.444 e. The summed E-state index contributed by atoms with van der Waals surface area (Å²) in [4.78, 5) is 37.9. The number of aromatic nitrogens is 3. The van der Waals surface area contributed by atoms with Gasteiger partial charge in [0.25, 0.3) is 5.56 Å². The summed E-state index contributed by atoms with van der Waals surface area (Å²) in [7, 11) is 0. The van der Waals surface area contributed by atoms with E-state index in [0.29, 0.717) is 21.4 Å². The number of halogens is 6. The number of carbonyl (C=O) groups is 1. The van der Waals surface area contributed by atoms with Crippen molar-refractivity contribution in [3.05, 3.63) is 134 Å². The molecule has 0 saturated carbocycles. The predicted octanol–water partition coefficient (Wildman–Crippen LogP) is 8.91. The monoisotopic (exact) mass is 770 g/mol. The van der Waals surface area contributed by atoms with Gasteiger partial charge in [0.1, 0.15) is 40.7 Å². The van der Waals surface area contributed by atoms with Crippen LogP contribution in [0.4, 0.5) is 28.0 Å². The van der Waals surface area contributed by atoms with E-state index in [2.05, 4.69) is 20.3 Å². The molecule has 0 radical (unpaired) electrons. The zero-order valence-electron chi connectivity index (χ0n) is 28.8. The van der Waals surface area contributed by atoms with Crippen molar-refractivity contribution in [2.75, 3.05) is 0 Å². The maximum absolute atomic E-state index is 13.6. The van der Waals surface area contributed by atoms with Crippen LogP contribution in [0.1, 0.15) is 58.4 Å². The largest absolute Gasteiger partial charge is 0.444 e. The number of hydrogen-bond acceptors (Lipinski definition) is 8. The molecule has 2 heterocycles. The highest BCUT2D eigenvalue weighted by molar-refractivity contribution is 6.35. The molecule has 0 aliphatic heterocycles. The van der Waals surface area contributed by atoms with Crippen LogP contribution < -0.4 is 22.2 Å². The lowest BCUT2D eigenvalue weighted by atomic mass is 10.2. The number of benzene rings is 4. The number of carbonyl (C=O) groups excluding carboxylic acids is 1. The van der Waals surface area contributed by atoms with Crippen molar-refractivity contribution in [2.24, 2.45) is 10.7 Å². The molecule has 2 aromatic heterocycles. The highest BCUT2D eigenvalue weighted by Crippen LogP contribution is 2.25. The van der Waals surface area contributed by atoms with Crippen molar-refractivity contribution in [1.29, 1.82) is 0 Å². The summed E-state index contributed by atoms with van der Waals surface area (Å²) >= 11 is 12.4. The lowest BCUT2D eigenvalue weighted by molar-refractivity contribution is 0.0499. The minimum atomic E-state index is -0.804. The smallest absolute Gasteiger partial charge is 0.408 e. The lowest BCUT2D eigenvalue weighted by Gasteiger charge is -2.21. The van der Waals surface area contributed by atoms with E-state index in [1.54, 1.807) is 71.0 Å². The number of ether oxygens (including phenoxy) is 1. The van der Waals surface area contributed by atoms with Crippen LogP contribution in [0.3, 0.4) is 0 Å². The fraction of sp³-hybridized carbons (Fsp3) is 0.216. The molecule has 10 nitrogen and oxygen atoms in total. The van der Waals surface area contributed by atoms with Gasteiger partial charge >= 0.3 is 6.09 Å². The Hall–Kier alpha value is -5.31. The van der Waals surface area contributed by atoms with Crippen molar-refractivity contribution in [3.8, 4) is 5.69 Å². The standard InChI is InChI=1S/C21H20ClF2N3O3.C16H12ClF2N3O/c1-11(25-20(28)30-21(2,3)4)18-27-16-7-5-6-15(22)17(16)19(29-18)26-14-9-12(23)8-13(24)10-14;1-8(20)15-21-13-4-2-3-12(17)14(13)16(23)22(15)11-6-9(18)5-10(19)7-11/h5-11H,1-4H3,(H,25,28);2-8H,20H2,1H3. The molecule has 1 amide bonds. The first-order valence-electron chi connectivity index (χ1n) is 15.9. The van der Waals surface area contributed by atoms with Gasteiger partial charge in [-0.3, -0.25) is 9.36 Å². The Morgan fingerprint density at radius 2 is 1.40 bits per heavy atom. The number of alkyl carbamates (subject to hydrolysis) is 1. The second-order valence-electron chi connectivity index (χ2n) is 12.8. The first-order chi connectivity index (χ1) is 24.9. The number of nitrogens with two attached hydrogens (primary N) is 1. The zero-order valence-corrected chi connectivity index (χ0v) is 30.4. The number of rotatable bonds is 5. The Bertz CT molecular complexity index is 2440. The van der Waals surface area contributed by atoms with E-state index in [1.807, 2.05) is 0 Å². The van der Waals surface area contributed by atoms with Crippen molar-refractivity contribution < 1.29 is 31.5 Å². The highest BCUT2D eigenvalue weighted by Gasteiger charge is 2.22. The van der Waals surface area contributed by atoms with Crippen LogP contribution in [0, 0.1) is 23.3 Å². The van der Waals surface area contributed by atoms with Gasteiger partial charge in [-0.2, -0.15) is 0 Å². The van der Waals surface area contributed by atoms with Crippen LogP contribution in [-0.2, 0) is 4.74 Å². The summed E-state index contributed by atoms with van der Waals surface area (Å²) in [5.74, 6) is -2.86. The van der Waals surface area contributed by atoms with Gasteiger partial charge in [-0.05, 0) is 83.1 Å². The van der Waals surface area contributed by atoms with Crippen LogP contribution in [0.2, 0.25) is 10.0 Å². The quantitative estimate of drug-likeness (QED) is 0.167. The molecule has 2 atom stereocenters. The molecular weight excluding hydrogens is 739 g/mol. The fourth-order valence-corrected chi connectivity index (χ4v) is 5.57. The molecule has 2 unspecified atom stereocenters. The van der Waals surface area contributed by atoms with Crippen molar-refractivity contribution >= 4 is 56.8 Å². The summed E-state index contributed by atoms with van der Waals surface area (Å²) in [6, 6.07) is 14.2. The molecule has 0 spiro atoms. The molecule has 3 N–H and O–H groups in total. The average Bonchev–Trinajstić information content (AvgIpc) is 3.03. The molecule has 0 fully saturated rings. The third-order valence-electron chi connectivity index (χ3n) is 7.20. The fourth-order valence-electron chi connectivity index (χ4n) is 5.07. The van der Waals surface area contributed by atoms with Crippen molar-refractivity contribution in [1.82, 2.24) is 19.9 Å². The Labute approximate surface area is 309 Å². The summed E-state index contributed by atoms with van der Waals surface area (Å²) in [5, 5.41) is 3.69. The molecular formula is C37H32Cl2F4N6O4. The molecule has 0 aliphatic carbocycles. The normalized spacial score (nSPS) is 13.0. The Kier molecular flexibility index (Phi) is 11.6. The van der Waals surface area contributed by atoms with Gasteiger partial charge in [0.15, 0.2) is 0 Å². The molecule has 0 bridgehead atoms. The van der Waals surface area contributed by atoms with E-state index in [1.165, 1.54) is 0 Å². The van der Waals surface area contributed by atoms with Crippen LogP contribution in [0.15, 0.2) is 87.0 Å². The van der Waals surface area contributed by atoms with E-state index < -0.39 is 52.6 Å². The van der Waals surface area contributed by atoms with Gasteiger partial charge in [0, 0.05) is 12.1 Å². The maximum atomic E-state index is 13.6. The Balaban J connectivity index is 0.000000211. The third-order valence-corrected chi connectivity index (χ3v) is 7.83. The summed E-state index contributed by atoms with van der Waals surface area (Å²) in [6.45, 7) is 8.51. The first kappa shape index (κ1) is 38.9. The topological polar surface area (TPSA) is 138 Å². The van der Waals surface area contributed by atoms with Crippen LogP contribution in [0.25, 0.3) is 27.5 Å². The molecule has 6 rings (SSSR count). The van der Waals surface area contributed by atoms with Gasteiger partial charge < -0.3 is 20.2 Å². The number of fused-ring (bicyclic) bond motifs is 2. The molecule has 0 saturated heterocycles. The minimum absolute atomic E-state index is 0.00220. The van der Waals surface area contributed by atoms with Crippen molar-refractivity contribution in [3.63, 3.8) is 0 Å². The van der Waals surface area contributed by atoms with E-state index in [-0.39, 0.29) is 39.1 Å². The van der Waals surface area contributed by atoms with Crippen LogP contribution >= 0.6 is 23.2 Å². The van der Waals surface area contributed by atoms with E-state index >= 15 is 0 Å². The first-order valence-corrected chi connectivity index (χ1v) is 16.7. The van der Waals surface area contributed by atoms with Crippen LogP contribution in [-0.4, -0.2) is 26.2 Å². The molecule has 0 aliphatic rings. The second kappa shape index (κ2) is 15.7. The Morgan fingerprint density at radius 1 is 0.868 bits per heavy atom. The Morgan fingerprint density at radius 3 is 1.94 bits per heavy atom.